The van der Waals surface area contributed by atoms with Crippen molar-refractivity contribution in [2.45, 2.75) is 26.7 Å². The summed E-state index contributed by atoms with van der Waals surface area (Å²) < 4.78 is 11.0. The quantitative estimate of drug-likeness (QED) is 0.681. The Morgan fingerprint density at radius 3 is 2.79 bits per heavy atom. The van der Waals surface area contributed by atoms with Crippen molar-refractivity contribution in [1.82, 2.24) is 0 Å². The second-order valence-corrected chi connectivity index (χ2v) is 3.77. The van der Waals surface area contributed by atoms with Gasteiger partial charge in [-0.1, -0.05) is 0 Å². The van der Waals surface area contributed by atoms with E-state index < -0.39 is 0 Å². The van der Waals surface area contributed by atoms with E-state index in [4.69, 9.17) is 9.47 Å². The molecule has 14 heavy (non-hydrogen) atoms. The topological polar surface area (TPSA) is 18.5 Å². The number of hydrogen-bond acceptors (Lipinski definition) is 2. The van der Waals surface area contributed by atoms with Crippen LogP contribution in [0.2, 0.25) is 0 Å². The normalized spacial score (nSPS) is 14.5. The van der Waals surface area contributed by atoms with Crippen molar-refractivity contribution >= 4 is 0 Å². The number of ether oxygens (including phenoxy) is 2. The molecule has 0 saturated carbocycles. The van der Waals surface area contributed by atoms with Gasteiger partial charge in [-0.3, -0.25) is 0 Å². The zero-order valence-corrected chi connectivity index (χ0v) is 9.02. The molecule has 0 bridgehead atoms. The van der Waals surface area contributed by atoms with E-state index in [9.17, 15) is 0 Å². The summed E-state index contributed by atoms with van der Waals surface area (Å²) in [7, 11) is 1.72. The first-order valence-corrected chi connectivity index (χ1v) is 5.04. The van der Waals surface area contributed by atoms with Gasteiger partial charge in [0.1, 0.15) is 11.5 Å². The summed E-state index contributed by atoms with van der Waals surface area (Å²) in [5, 5.41) is 0. The Morgan fingerprint density at radius 2 is 2.07 bits per heavy atom. The van der Waals surface area contributed by atoms with Gasteiger partial charge in [-0.25, -0.2) is 0 Å². The van der Waals surface area contributed by atoms with Gasteiger partial charge >= 0.3 is 0 Å². The molecule has 1 aromatic carbocycles. The molecule has 1 aliphatic rings. The van der Waals surface area contributed by atoms with Crippen LogP contribution in [0.1, 0.15) is 23.1 Å². The summed E-state index contributed by atoms with van der Waals surface area (Å²) in [6, 6.07) is 2.11. The van der Waals surface area contributed by atoms with Gasteiger partial charge in [-0.15, -0.1) is 0 Å². The molecule has 2 rings (SSSR count). The minimum absolute atomic E-state index is 0.847. The number of fused-ring (bicyclic) bond motifs is 1. The highest BCUT2D eigenvalue weighted by atomic mass is 16.5. The SMILES string of the molecule is COc1cc2c(c(C)c1C)OCCC2. The van der Waals surface area contributed by atoms with Crippen LogP contribution in [0.4, 0.5) is 0 Å². The Bertz CT molecular complexity index is 356. The molecule has 0 fully saturated rings. The Kier molecular flexibility index (Phi) is 2.36. The first-order chi connectivity index (χ1) is 6.74. The van der Waals surface area contributed by atoms with Crippen LogP contribution in [0, 0.1) is 13.8 Å². The second-order valence-electron chi connectivity index (χ2n) is 3.77. The van der Waals surface area contributed by atoms with Crippen molar-refractivity contribution in [2.24, 2.45) is 0 Å². The van der Waals surface area contributed by atoms with Gasteiger partial charge in [0.2, 0.25) is 0 Å². The fourth-order valence-electron chi connectivity index (χ4n) is 1.96. The van der Waals surface area contributed by atoms with Crippen molar-refractivity contribution in [3.05, 3.63) is 22.8 Å². The summed E-state index contributed by atoms with van der Waals surface area (Å²) >= 11 is 0. The number of methoxy groups -OCH3 is 1. The molecular formula is C12H16O2. The number of benzene rings is 1. The monoisotopic (exact) mass is 192 g/mol. The maximum Gasteiger partial charge on any atom is 0.125 e. The largest absolute Gasteiger partial charge is 0.496 e. The van der Waals surface area contributed by atoms with E-state index in [-0.39, 0.29) is 0 Å². The van der Waals surface area contributed by atoms with Crippen molar-refractivity contribution in [1.29, 1.82) is 0 Å². The standard InChI is InChI=1S/C12H16O2/c1-8-9(2)12-10(5-4-6-14-12)7-11(8)13-3/h7H,4-6H2,1-3H3. The summed E-state index contributed by atoms with van der Waals surface area (Å²) in [6.07, 6.45) is 2.21. The van der Waals surface area contributed by atoms with Gasteiger partial charge in [-0.05, 0) is 49.4 Å². The molecule has 1 aromatic rings. The highest BCUT2D eigenvalue weighted by molar-refractivity contribution is 5.53. The van der Waals surface area contributed by atoms with Crippen LogP contribution in [0.15, 0.2) is 6.07 Å². The Labute approximate surface area is 84.8 Å². The van der Waals surface area contributed by atoms with Gasteiger partial charge in [0.05, 0.1) is 13.7 Å². The van der Waals surface area contributed by atoms with Gasteiger partial charge < -0.3 is 9.47 Å². The van der Waals surface area contributed by atoms with Gasteiger partial charge in [-0.2, -0.15) is 0 Å². The van der Waals surface area contributed by atoms with Crippen LogP contribution in [0.5, 0.6) is 11.5 Å². The van der Waals surface area contributed by atoms with Crippen LogP contribution in [0.3, 0.4) is 0 Å². The molecule has 2 nitrogen and oxygen atoms in total. The van der Waals surface area contributed by atoms with Crippen molar-refractivity contribution in [3.63, 3.8) is 0 Å². The maximum atomic E-state index is 5.68. The number of rotatable bonds is 1. The zero-order valence-electron chi connectivity index (χ0n) is 9.02. The first kappa shape index (κ1) is 9.38. The fraction of sp³-hybridized carbons (Fsp3) is 0.500. The Hall–Kier alpha value is -1.18. The van der Waals surface area contributed by atoms with Crippen LogP contribution in [-0.4, -0.2) is 13.7 Å². The fourth-order valence-corrected chi connectivity index (χ4v) is 1.96. The zero-order chi connectivity index (χ0) is 10.1. The molecule has 0 radical (unpaired) electrons. The lowest BCUT2D eigenvalue weighted by Crippen LogP contribution is -2.10. The van der Waals surface area contributed by atoms with Crippen LogP contribution in [0.25, 0.3) is 0 Å². The molecule has 76 valence electrons. The molecule has 0 N–H and O–H groups in total. The number of aryl methyl sites for hydroxylation is 1. The maximum absolute atomic E-state index is 5.68. The number of hydrogen-bond donors (Lipinski definition) is 0. The molecule has 2 heteroatoms. The first-order valence-electron chi connectivity index (χ1n) is 5.04. The second kappa shape index (κ2) is 3.52. The van der Waals surface area contributed by atoms with E-state index in [0.29, 0.717) is 0 Å². The molecule has 0 saturated heterocycles. The highest BCUT2D eigenvalue weighted by Gasteiger charge is 2.17. The molecule has 0 aromatic heterocycles. The van der Waals surface area contributed by atoms with E-state index in [1.165, 1.54) is 16.7 Å². The minimum Gasteiger partial charge on any atom is -0.496 e. The van der Waals surface area contributed by atoms with E-state index in [0.717, 1.165) is 30.9 Å². The van der Waals surface area contributed by atoms with Gasteiger partial charge in [0.15, 0.2) is 0 Å². The van der Waals surface area contributed by atoms with Crippen LogP contribution < -0.4 is 9.47 Å². The molecule has 0 spiro atoms. The van der Waals surface area contributed by atoms with E-state index in [1.54, 1.807) is 7.11 Å². The average molecular weight is 192 g/mol. The molecule has 1 heterocycles. The van der Waals surface area contributed by atoms with E-state index >= 15 is 0 Å². The van der Waals surface area contributed by atoms with Crippen molar-refractivity contribution < 1.29 is 9.47 Å². The molecule has 0 amide bonds. The summed E-state index contributed by atoms with van der Waals surface area (Å²) in [6.45, 7) is 5.02. The molecule has 1 aliphatic heterocycles. The smallest absolute Gasteiger partial charge is 0.125 e. The predicted molar refractivity (Wildman–Crippen MR) is 56.3 cm³/mol. The summed E-state index contributed by atoms with van der Waals surface area (Å²) in [5.41, 5.74) is 3.70. The predicted octanol–water partition coefficient (Wildman–Crippen LogP) is 2.64. The average Bonchev–Trinajstić information content (AvgIpc) is 2.23. The lowest BCUT2D eigenvalue weighted by molar-refractivity contribution is 0.284. The lowest BCUT2D eigenvalue weighted by atomic mass is 9.98. The van der Waals surface area contributed by atoms with Gasteiger partial charge in [0.25, 0.3) is 0 Å². The third-order valence-corrected chi connectivity index (χ3v) is 2.93. The minimum atomic E-state index is 0.847. The molecular weight excluding hydrogens is 176 g/mol. The molecule has 0 unspecified atom stereocenters. The van der Waals surface area contributed by atoms with Crippen molar-refractivity contribution in [3.8, 4) is 11.5 Å². The van der Waals surface area contributed by atoms with Gasteiger partial charge in [0, 0.05) is 0 Å². The van der Waals surface area contributed by atoms with Crippen LogP contribution in [-0.2, 0) is 6.42 Å². The molecule has 0 atom stereocenters. The Balaban J connectivity index is 2.57. The molecule has 0 aliphatic carbocycles. The summed E-state index contributed by atoms with van der Waals surface area (Å²) in [4.78, 5) is 0. The van der Waals surface area contributed by atoms with E-state index in [2.05, 4.69) is 19.9 Å². The van der Waals surface area contributed by atoms with Crippen LogP contribution >= 0.6 is 0 Å². The lowest BCUT2D eigenvalue weighted by Gasteiger charge is -2.22. The van der Waals surface area contributed by atoms with E-state index in [1.807, 2.05) is 0 Å². The van der Waals surface area contributed by atoms with Crippen molar-refractivity contribution in [2.75, 3.05) is 13.7 Å². The highest BCUT2D eigenvalue weighted by Crippen LogP contribution is 2.35. The Morgan fingerprint density at radius 1 is 1.29 bits per heavy atom. The third-order valence-electron chi connectivity index (χ3n) is 2.93. The third kappa shape index (κ3) is 1.35. The summed E-state index contributed by atoms with van der Waals surface area (Å²) in [5.74, 6) is 2.06.